The van der Waals surface area contributed by atoms with Crippen molar-refractivity contribution in [3.8, 4) is 5.88 Å². The first-order valence-electron chi connectivity index (χ1n) is 8.82. The minimum Gasteiger partial charge on any atom is -0.465 e. The first-order chi connectivity index (χ1) is 14.5. The molecule has 1 N–H and O–H groups in total. The lowest BCUT2D eigenvalue weighted by Gasteiger charge is -2.05. The summed E-state index contributed by atoms with van der Waals surface area (Å²) in [5.41, 5.74) is 1.68. The summed E-state index contributed by atoms with van der Waals surface area (Å²) < 4.78 is 14.7. The number of anilines is 1. The molecule has 8 nitrogen and oxygen atoms in total. The van der Waals surface area contributed by atoms with Gasteiger partial charge in [0.1, 0.15) is 0 Å². The van der Waals surface area contributed by atoms with Crippen LogP contribution in [0.25, 0.3) is 10.9 Å². The molecule has 0 saturated carbocycles. The number of ether oxygens (including phenoxy) is 3. The van der Waals surface area contributed by atoms with E-state index >= 15 is 0 Å². The molecule has 3 aromatic rings. The van der Waals surface area contributed by atoms with Crippen LogP contribution in [0.3, 0.4) is 0 Å². The lowest BCUT2D eigenvalue weighted by molar-refractivity contribution is -0.112. The van der Waals surface area contributed by atoms with Crippen molar-refractivity contribution in [2.45, 2.75) is 0 Å². The maximum Gasteiger partial charge on any atom is 0.337 e. The molecule has 0 radical (unpaired) electrons. The van der Waals surface area contributed by atoms with Gasteiger partial charge in [-0.25, -0.2) is 14.6 Å². The maximum atomic E-state index is 12.1. The van der Waals surface area contributed by atoms with Crippen LogP contribution in [0.15, 0.2) is 66.9 Å². The Labute approximate surface area is 172 Å². The van der Waals surface area contributed by atoms with Gasteiger partial charge in [-0.3, -0.25) is 4.79 Å². The van der Waals surface area contributed by atoms with Crippen molar-refractivity contribution in [2.75, 3.05) is 19.5 Å². The number of aromatic nitrogens is 1. The van der Waals surface area contributed by atoms with E-state index in [0.29, 0.717) is 22.3 Å². The van der Waals surface area contributed by atoms with Crippen LogP contribution in [0.1, 0.15) is 20.7 Å². The highest BCUT2D eigenvalue weighted by Gasteiger charge is 2.08. The lowest BCUT2D eigenvalue weighted by Crippen LogP contribution is -2.09. The molecule has 0 atom stereocenters. The Kier molecular flexibility index (Phi) is 6.39. The number of carbonyl (C=O) groups is 3. The van der Waals surface area contributed by atoms with Crippen molar-refractivity contribution in [3.63, 3.8) is 0 Å². The maximum absolute atomic E-state index is 12.1. The molecule has 8 heteroatoms. The molecule has 0 unspecified atom stereocenters. The second kappa shape index (κ2) is 9.33. The fourth-order valence-electron chi connectivity index (χ4n) is 2.60. The molecule has 152 valence electrons. The van der Waals surface area contributed by atoms with Crippen LogP contribution in [0.2, 0.25) is 0 Å². The van der Waals surface area contributed by atoms with Crippen molar-refractivity contribution in [3.05, 3.63) is 78.1 Å². The van der Waals surface area contributed by atoms with E-state index in [9.17, 15) is 14.4 Å². The third kappa shape index (κ3) is 4.99. The Balaban J connectivity index is 1.65. The largest absolute Gasteiger partial charge is 0.465 e. The van der Waals surface area contributed by atoms with Gasteiger partial charge in [0, 0.05) is 23.2 Å². The van der Waals surface area contributed by atoms with Gasteiger partial charge in [-0.05, 0) is 36.4 Å². The van der Waals surface area contributed by atoms with Crippen molar-refractivity contribution in [1.29, 1.82) is 0 Å². The van der Waals surface area contributed by atoms with Crippen molar-refractivity contribution >= 4 is 34.4 Å². The van der Waals surface area contributed by atoms with Crippen LogP contribution < -0.4 is 10.1 Å². The Bertz CT molecular complexity index is 1140. The summed E-state index contributed by atoms with van der Waals surface area (Å²) in [7, 11) is 2.59. The number of rotatable bonds is 6. The average Bonchev–Trinajstić information content (AvgIpc) is 2.77. The third-order valence-corrected chi connectivity index (χ3v) is 4.05. The number of nitrogens with one attached hydrogen (secondary N) is 1. The fraction of sp³-hybridized carbons (Fsp3) is 0.0909. The second-order valence-electron chi connectivity index (χ2n) is 6.03. The summed E-state index contributed by atoms with van der Waals surface area (Å²) in [6, 6.07) is 14.8. The van der Waals surface area contributed by atoms with E-state index in [4.69, 9.17) is 9.47 Å². The van der Waals surface area contributed by atoms with Gasteiger partial charge in [-0.1, -0.05) is 12.1 Å². The molecule has 1 aromatic heterocycles. The summed E-state index contributed by atoms with van der Waals surface area (Å²) in [5, 5.41) is 3.44. The van der Waals surface area contributed by atoms with Crippen LogP contribution in [0, 0.1) is 0 Å². The molecule has 2 aromatic carbocycles. The quantitative estimate of drug-likeness (QED) is 0.380. The highest BCUT2D eigenvalue weighted by molar-refractivity contribution is 6.00. The molecular weight excluding hydrogens is 388 g/mol. The number of methoxy groups -OCH3 is 2. The molecule has 1 heterocycles. The van der Waals surface area contributed by atoms with Crippen LogP contribution in [-0.4, -0.2) is 37.0 Å². The van der Waals surface area contributed by atoms with Gasteiger partial charge in [0.15, 0.2) is 0 Å². The zero-order chi connectivity index (χ0) is 21.5. The Morgan fingerprint density at radius 3 is 2.33 bits per heavy atom. The number of pyridine rings is 1. The third-order valence-electron chi connectivity index (χ3n) is 4.05. The summed E-state index contributed by atoms with van der Waals surface area (Å²) >= 11 is 0. The predicted molar refractivity (Wildman–Crippen MR) is 109 cm³/mol. The highest BCUT2D eigenvalue weighted by atomic mass is 16.5. The number of esters is 2. The normalized spacial score (nSPS) is 10.6. The van der Waals surface area contributed by atoms with Gasteiger partial charge in [-0.15, -0.1) is 0 Å². The Morgan fingerprint density at radius 2 is 1.60 bits per heavy atom. The average molecular weight is 406 g/mol. The van der Waals surface area contributed by atoms with E-state index in [-0.39, 0.29) is 5.88 Å². The monoisotopic (exact) mass is 406 g/mol. The van der Waals surface area contributed by atoms with Crippen molar-refractivity contribution in [1.82, 2.24) is 4.98 Å². The number of carbonyl (C=O) groups excluding carboxylic acids is 3. The van der Waals surface area contributed by atoms with Crippen molar-refractivity contribution < 1.29 is 28.6 Å². The van der Waals surface area contributed by atoms with Gasteiger partial charge in [-0.2, -0.15) is 0 Å². The van der Waals surface area contributed by atoms with E-state index < -0.39 is 17.8 Å². The molecule has 0 aliphatic carbocycles. The zero-order valence-corrected chi connectivity index (χ0v) is 16.2. The number of amides is 1. The lowest BCUT2D eigenvalue weighted by atomic mass is 10.1. The van der Waals surface area contributed by atoms with E-state index in [1.165, 1.54) is 32.6 Å². The molecule has 0 saturated heterocycles. The van der Waals surface area contributed by atoms with Crippen LogP contribution in [0.5, 0.6) is 5.88 Å². The minimum absolute atomic E-state index is 0.251. The molecule has 0 bridgehead atoms. The molecule has 3 rings (SSSR count). The molecule has 0 aliphatic heterocycles. The topological polar surface area (TPSA) is 104 Å². The smallest absolute Gasteiger partial charge is 0.337 e. The molecule has 1 amide bonds. The number of benzene rings is 2. The minimum atomic E-state index is -0.497. The summed E-state index contributed by atoms with van der Waals surface area (Å²) in [6.45, 7) is 0. The Hall–Kier alpha value is -4.20. The first-order valence-corrected chi connectivity index (χ1v) is 8.82. The van der Waals surface area contributed by atoms with Gasteiger partial charge < -0.3 is 19.5 Å². The molecule has 30 heavy (non-hydrogen) atoms. The van der Waals surface area contributed by atoms with E-state index in [0.717, 1.165) is 5.39 Å². The van der Waals surface area contributed by atoms with Crippen LogP contribution in [-0.2, 0) is 14.3 Å². The second-order valence-corrected chi connectivity index (χ2v) is 6.03. The van der Waals surface area contributed by atoms with Gasteiger partial charge in [0.05, 0.1) is 37.1 Å². The standard InChI is InChI=1S/C22H18N2O6/c1-28-21(26)15-4-3-5-17(12-15)23-19(25)10-11-30-20-9-8-14-6-7-16(22(27)29-2)13-18(14)24-20/h3-13H,1-2H3,(H,23,25). The summed E-state index contributed by atoms with van der Waals surface area (Å²) in [5.74, 6) is -1.16. The SMILES string of the molecule is COC(=O)c1cccc(NC(=O)C=COc2ccc3ccc(C(=O)OC)cc3n2)c1. The van der Waals surface area contributed by atoms with Crippen LogP contribution in [0.4, 0.5) is 5.69 Å². The van der Waals surface area contributed by atoms with Gasteiger partial charge >= 0.3 is 11.9 Å². The Morgan fingerprint density at radius 1 is 0.900 bits per heavy atom. The highest BCUT2D eigenvalue weighted by Crippen LogP contribution is 2.19. The number of hydrogen-bond acceptors (Lipinski definition) is 7. The number of fused-ring (bicyclic) bond motifs is 1. The fourth-order valence-corrected chi connectivity index (χ4v) is 2.60. The number of hydrogen-bond donors (Lipinski definition) is 1. The zero-order valence-electron chi connectivity index (χ0n) is 16.2. The molecular formula is C22H18N2O6. The molecule has 0 fully saturated rings. The van der Waals surface area contributed by atoms with Gasteiger partial charge in [0.2, 0.25) is 5.88 Å². The van der Waals surface area contributed by atoms with E-state index in [1.54, 1.807) is 48.5 Å². The predicted octanol–water partition coefficient (Wildman–Crippen LogP) is 3.34. The molecule has 0 spiro atoms. The van der Waals surface area contributed by atoms with E-state index in [2.05, 4.69) is 15.0 Å². The number of nitrogens with zero attached hydrogens (tertiary/aromatic N) is 1. The first kappa shape index (κ1) is 20.5. The summed E-state index contributed by atoms with van der Waals surface area (Å²) in [6.07, 6.45) is 2.37. The van der Waals surface area contributed by atoms with E-state index in [1.807, 2.05) is 0 Å². The molecule has 0 aliphatic rings. The van der Waals surface area contributed by atoms with Crippen molar-refractivity contribution in [2.24, 2.45) is 0 Å². The van der Waals surface area contributed by atoms with Gasteiger partial charge in [0.25, 0.3) is 5.91 Å². The summed E-state index contributed by atoms with van der Waals surface area (Å²) in [4.78, 5) is 39.6. The van der Waals surface area contributed by atoms with Crippen LogP contribution >= 0.6 is 0 Å².